The molecule has 0 heterocycles. The molecule has 13 nitrogen and oxygen atoms in total. The van der Waals surface area contributed by atoms with E-state index < -0.39 is 68.4 Å². The van der Waals surface area contributed by atoms with Crippen molar-refractivity contribution < 1.29 is 124 Å². The number of hydrogen-bond acceptors (Lipinski definition) is 13. The van der Waals surface area contributed by atoms with Crippen molar-refractivity contribution in [1.82, 2.24) is 0 Å². The smallest absolute Gasteiger partial charge is 0.550 e. The average molecular weight is 587 g/mol. The van der Waals surface area contributed by atoms with E-state index in [4.69, 9.17) is 35.4 Å². The van der Waals surface area contributed by atoms with E-state index in [1.807, 2.05) is 0 Å². The summed E-state index contributed by atoms with van der Waals surface area (Å²) in [6, 6.07) is 0. The monoisotopic (exact) mass is 586 g/mol. The molecule has 0 aromatic heterocycles. The number of carboxylic acid groups (broad SMARTS) is 2. The Morgan fingerprint density at radius 3 is 1.13 bits per heavy atom. The molecule has 0 aliphatic heterocycles. The van der Waals surface area contributed by atoms with Crippen LogP contribution >= 0.6 is 0 Å². The largest absolute Gasteiger partial charge is 1.00 e. The Bertz CT molecular complexity index is 542. The van der Waals surface area contributed by atoms with Crippen LogP contribution in [0.25, 0.3) is 0 Å². The molecule has 220 valence electrons. The second kappa shape index (κ2) is 32.4. The van der Waals surface area contributed by atoms with Gasteiger partial charge in [-0.3, -0.25) is 0 Å². The Morgan fingerprint density at radius 1 is 0.667 bits per heavy atom. The molecule has 15 heteroatoms. The normalized spacial score (nSPS) is 10.3. The molecule has 0 aliphatic carbocycles. The van der Waals surface area contributed by atoms with Crippen molar-refractivity contribution in [3.05, 3.63) is 12.7 Å². The Morgan fingerprint density at radius 2 is 0.949 bits per heavy atom. The molecule has 39 heavy (non-hydrogen) atoms. The van der Waals surface area contributed by atoms with Crippen LogP contribution in [0.1, 0.15) is 51.4 Å². The molecule has 6 N–H and O–H groups in total. The van der Waals surface area contributed by atoms with Crippen LogP contribution in [0.3, 0.4) is 0 Å². The number of esters is 1. The number of rotatable bonds is 20. The first-order valence-electron chi connectivity index (χ1n) is 11.8. The van der Waals surface area contributed by atoms with Gasteiger partial charge in [-0.15, -0.1) is 0 Å². The number of carboxylic acids is 2. The minimum Gasteiger partial charge on any atom is -0.550 e. The van der Waals surface area contributed by atoms with Gasteiger partial charge in [0.05, 0.1) is 70.8 Å². The third kappa shape index (κ3) is 29.2. The van der Waals surface area contributed by atoms with E-state index >= 15 is 0 Å². The van der Waals surface area contributed by atoms with Crippen LogP contribution in [0.5, 0.6) is 0 Å². The van der Waals surface area contributed by atoms with Gasteiger partial charge in [0.25, 0.3) is 0 Å². The molecule has 0 fully saturated rings. The fourth-order valence-corrected chi connectivity index (χ4v) is 2.39. The first-order valence-corrected chi connectivity index (χ1v) is 11.8. The number of hydrogen-bond donors (Lipinski definition) is 6. The van der Waals surface area contributed by atoms with Crippen LogP contribution in [0.2, 0.25) is 0 Å². The topological polar surface area (TPSA) is 237 Å². The molecule has 0 radical (unpaired) electrons. The van der Waals surface area contributed by atoms with Gasteiger partial charge in [-0.2, -0.15) is 0 Å². The van der Waals surface area contributed by atoms with Crippen LogP contribution in [-0.2, 0) is 23.9 Å². The summed E-state index contributed by atoms with van der Waals surface area (Å²) in [5.74, 6) is -2.39. The number of unbranched alkanes of at least 4 members (excludes halogenated alkanes) is 5. The van der Waals surface area contributed by atoms with E-state index in [0.29, 0.717) is 12.8 Å². The van der Waals surface area contributed by atoms with Crippen molar-refractivity contribution in [2.75, 3.05) is 60.0 Å². The third-order valence-electron chi connectivity index (χ3n) is 5.21. The first-order chi connectivity index (χ1) is 17.5. The Kier molecular flexibility index (Phi) is 40.4. The molecule has 0 aromatic rings. The second-order valence-electron chi connectivity index (χ2n) is 8.53. The van der Waals surface area contributed by atoms with E-state index in [1.54, 1.807) is 0 Å². The van der Waals surface area contributed by atoms with Crippen molar-refractivity contribution >= 4 is 17.9 Å². The van der Waals surface area contributed by atoms with E-state index in [1.165, 1.54) is 7.11 Å². The summed E-state index contributed by atoms with van der Waals surface area (Å²) in [4.78, 5) is 29.9. The van der Waals surface area contributed by atoms with Gasteiger partial charge in [-0.05, 0) is 25.7 Å². The minimum atomic E-state index is -1.16. The molecular weight excluding hydrogens is 542 g/mol. The Balaban J connectivity index is -0.000000159. The fraction of sp³-hybridized carbons (Fsp3) is 0.792. The number of aliphatic hydroxyl groups excluding tert-OH is 6. The average Bonchev–Trinajstić information content (AvgIpc) is 2.91. The summed E-state index contributed by atoms with van der Waals surface area (Å²) in [7, 11) is 1.31. The van der Waals surface area contributed by atoms with Gasteiger partial charge >= 0.3 is 65.1 Å². The zero-order chi connectivity index (χ0) is 29.2. The molecule has 0 saturated heterocycles. The van der Waals surface area contributed by atoms with Gasteiger partial charge in [0.2, 0.25) is 0 Å². The zero-order valence-electron chi connectivity index (χ0n) is 23.6. The number of ether oxygens (including phenoxy) is 2. The Hall–Kier alpha value is -0.130. The predicted octanol–water partition coefficient (Wildman–Crippen LogP) is -9.11. The van der Waals surface area contributed by atoms with Crippen LogP contribution in [-0.4, -0.2) is 109 Å². The maximum atomic E-state index is 10.0. The summed E-state index contributed by atoms with van der Waals surface area (Å²) in [5, 5.41) is 74.2. The number of aliphatic carboxylic acids is 2. The second-order valence-corrected chi connectivity index (χ2v) is 8.53. The van der Waals surface area contributed by atoms with E-state index in [0.717, 1.165) is 31.8 Å². The maximum Gasteiger partial charge on any atom is 1.00 e. The number of methoxy groups -OCH3 is 1. The van der Waals surface area contributed by atoms with Gasteiger partial charge < -0.3 is 59.9 Å². The van der Waals surface area contributed by atoms with E-state index in [-0.39, 0.29) is 85.2 Å². The van der Waals surface area contributed by atoms with Crippen molar-refractivity contribution in [3.63, 3.8) is 0 Å². The van der Waals surface area contributed by atoms with Crippen molar-refractivity contribution in [3.8, 4) is 0 Å². The molecule has 0 unspecified atom stereocenters. The molecule has 0 spiro atoms. The summed E-state index contributed by atoms with van der Waals surface area (Å²) in [6.07, 6.45) is 6.34. The van der Waals surface area contributed by atoms with E-state index in [9.17, 15) is 24.6 Å². The van der Waals surface area contributed by atoms with Gasteiger partial charge in [0, 0.05) is 18.0 Å². The fourth-order valence-electron chi connectivity index (χ4n) is 2.39. The number of carbonyl (C=O) groups excluding carboxylic acids is 3. The summed E-state index contributed by atoms with van der Waals surface area (Å²) in [5.41, 5.74) is -2.32. The van der Waals surface area contributed by atoms with Crippen LogP contribution in [0.4, 0.5) is 0 Å². The maximum absolute atomic E-state index is 10.0. The van der Waals surface area contributed by atoms with E-state index in [2.05, 4.69) is 11.3 Å². The standard InChI is InChI=1S/C10H22O7.C10H18O4.C4H6O2.2Na/c11-1-9(2-12,3-13)7-17-8-10(4-14,5-15)6-16;11-9(12)7-5-3-1-2-4-6-8-10(13)14;1-3-4(5)6-2;;/h11-16H,1-8H2;1-8H2,(H,11,12)(H,13,14);3H,1H2,2H3;;/q;;;2*+1/p-2. The third-order valence-corrected chi connectivity index (χ3v) is 5.21. The molecule has 0 atom stereocenters. The summed E-state index contributed by atoms with van der Waals surface area (Å²) in [6.45, 7) is 0.152. The molecule has 0 aliphatic rings. The van der Waals surface area contributed by atoms with Crippen molar-refractivity contribution in [1.29, 1.82) is 0 Å². The molecule has 0 rings (SSSR count). The van der Waals surface area contributed by atoms with Gasteiger partial charge in [-0.1, -0.05) is 32.3 Å². The molecule has 0 aromatic carbocycles. The molecule has 0 bridgehead atoms. The molecular formula is C24H44Na2O13. The SMILES string of the molecule is C=CC(=O)OC.O=C([O-])CCCCCCCCC(=O)[O-].OCC(CO)(CO)COCC(CO)(CO)CO.[Na+].[Na+]. The minimum absolute atomic E-state index is 0. The summed E-state index contributed by atoms with van der Waals surface area (Å²) < 4.78 is 9.29. The van der Waals surface area contributed by atoms with Crippen LogP contribution < -0.4 is 69.3 Å². The number of carbonyl (C=O) groups is 3. The zero-order valence-corrected chi connectivity index (χ0v) is 27.6. The van der Waals surface area contributed by atoms with Gasteiger partial charge in [0.15, 0.2) is 0 Å². The van der Waals surface area contributed by atoms with Gasteiger partial charge in [0.1, 0.15) is 0 Å². The van der Waals surface area contributed by atoms with Crippen molar-refractivity contribution in [2.45, 2.75) is 51.4 Å². The molecule has 0 saturated carbocycles. The van der Waals surface area contributed by atoms with Crippen LogP contribution in [0, 0.1) is 10.8 Å². The van der Waals surface area contributed by atoms with Crippen LogP contribution in [0.15, 0.2) is 12.7 Å². The quantitative estimate of drug-likeness (QED) is 0.0337. The van der Waals surface area contributed by atoms with Gasteiger partial charge in [-0.25, -0.2) is 4.79 Å². The first kappa shape index (κ1) is 48.6. The number of aliphatic hydroxyl groups is 6. The molecule has 0 amide bonds. The Labute approximate surface area is 274 Å². The summed E-state index contributed by atoms with van der Waals surface area (Å²) >= 11 is 0. The van der Waals surface area contributed by atoms with Crippen molar-refractivity contribution in [2.24, 2.45) is 10.8 Å². The predicted molar refractivity (Wildman–Crippen MR) is 127 cm³/mol.